The first-order valence-electron chi connectivity index (χ1n) is 7.26. The van der Waals surface area contributed by atoms with Gasteiger partial charge in [-0.1, -0.05) is 55.4 Å². The number of thioether (sulfide) groups is 1. The zero-order chi connectivity index (χ0) is 17.7. The summed E-state index contributed by atoms with van der Waals surface area (Å²) >= 11 is 7.56. The molecule has 128 valence electrons. The minimum Gasteiger partial charge on any atom is -0.481 e. The summed E-state index contributed by atoms with van der Waals surface area (Å²) in [4.78, 5) is 20.3. The quantitative estimate of drug-likeness (QED) is 0.422. The standard InChI is InChI=1S/C17H19ClN2O3S/c1-17(2,11-7-5-6-8-12(11)18)13(10-21)24-16-19-14(22-3)9-15(20-16)23-4/h5-10,13H,1-4H3. The molecule has 0 amide bonds. The fourth-order valence-electron chi connectivity index (χ4n) is 2.24. The lowest BCUT2D eigenvalue weighted by atomic mass is 9.81. The third-order valence-electron chi connectivity index (χ3n) is 3.71. The molecular weight excluding hydrogens is 348 g/mol. The van der Waals surface area contributed by atoms with E-state index in [-0.39, 0.29) is 0 Å². The molecule has 0 N–H and O–H groups in total. The molecule has 0 radical (unpaired) electrons. The number of rotatable bonds is 7. The van der Waals surface area contributed by atoms with Crippen molar-refractivity contribution >= 4 is 29.6 Å². The van der Waals surface area contributed by atoms with Gasteiger partial charge in [0.15, 0.2) is 5.16 Å². The number of methoxy groups -OCH3 is 2. The van der Waals surface area contributed by atoms with Gasteiger partial charge in [0.1, 0.15) is 6.29 Å². The second kappa shape index (κ2) is 7.85. The molecule has 1 aromatic carbocycles. The second-order valence-electron chi connectivity index (χ2n) is 5.61. The molecule has 2 rings (SSSR count). The Morgan fingerprint density at radius 3 is 2.25 bits per heavy atom. The Balaban J connectivity index is 2.35. The largest absolute Gasteiger partial charge is 0.481 e. The highest BCUT2D eigenvalue weighted by molar-refractivity contribution is 8.00. The van der Waals surface area contributed by atoms with Crippen LogP contribution in [0.2, 0.25) is 5.02 Å². The third-order valence-corrected chi connectivity index (χ3v) is 5.39. The summed E-state index contributed by atoms with van der Waals surface area (Å²) in [6, 6.07) is 9.09. The molecule has 0 bridgehead atoms. The van der Waals surface area contributed by atoms with Gasteiger partial charge in [0, 0.05) is 10.4 Å². The first-order valence-corrected chi connectivity index (χ1v) is 8.52. The fourth-order valence-corrected chi connectivity index (χ4v) is 3.61. The van der Waals surface area contributed by atoms with E-state index in [9.17, 15) is 4.79 Å². The van der Waals surface area contributed by atoms with Crippen molar-refractivity contribution in [2.24, 2.45) is 0 Å². The van der Waals surface area contributed by atoms with Crippen molar-refractivity contribution in [2.75, 3.05) is 14.2 Å². The molecule has 0 saturated carbocycles. The monoisotopic (exact) mass is 366 g/mol. The van der Waals surface area contributed by atoms with Crippen molar-refractivity contribution in [1.82, 2.24) is 9.97 Å². The van der Waals surface area contributed by atoms with Crippen molar-refractivity contribution in [1.29, 1.82) is 0 Å². The van der Waals surface area contributed by atoms with Crippen LogP contribution in [0.15, 0.2) is 35.5 Å². The first-order chi connectivity index (χ1) is 11.4. The van der Waals surface area contributed by atoms with Crippen LogP contribution in [0.1, 0.15) is 19.4 Å². The van der Waals surface area contributed by atoms with Gasteiger partial charge in [-0.25, -0.2) is 0 Å². The Morgan fingerprint density at radius 1 is 1.17 bits per heavy atom. The molecule has 0 aliphatic carbocycles. The SMILES string of the molecule is COc1cc(OC)nc(SC(C=O)C(C)(C)c2ccccc2Cl)n1. The summed E-state index contributed by atoms with van der Waals surface area (Å²) in [6.45, 7) is 3.94. The van der Waals surface area contributed by atoms with E-state index in [2.05, 4.69) is 9.97 Å². The Kier molecular flexibility index (Phi) is 6.07. The van der Waals surface area contributed by atoms with Gasteiger partial charge >= 0.3 is 0 Å². The first kappa shape index (κ1) is 18.5. The molecule has 1 atom stereocenters. The summed E-state index contributed by atoms with van der Waals surface area (Å²) in [5.41, 5.74) is 0.385. The zero-order valence-corrected chi connectivity index (χ0v) is 15.5. The Labute approximate surface area is 150 Å². The number of carbonyl (C=O) groups excluding carboxylic acids is 1. The number of hydrogen-bond donors (Lipinski definition) is 0. The van der Waals surface area contributed by atoms with Gasteiger partial charge in [-0.3, -0.25) is 0 Å². The number of aromatic nitrogens is 2. The van der Waals surface area contributed by atoms with Crippen LogP contribution in [0.5, 0.6) is 11.8 Å². The lowest BCUT2D eigenvalue weighted by molar-refractivity contribution is -0.108. The maximum Gasteiger partial charge on any atom is 0.220 e. The molecule has 5 nitrogen and oxygen atoms in total. The number of carbonyl (C=O) groups is 1. The number of aldehydes is 1. The van der Waals surface area contributed by atoms with Gasteiger partial charge in [0.25, 0.3) is 0 Å². The minimum atomic E-state index is -0.509. The Hall–Kier alpha value is -1.79. The molecule has 1 aromatic heterocycles. The van der Waals surface area contributed by atoms with E-state index < -0.39 is 10.7 Å². The van der Waals surface area contributed by atoms with E-state index in [4.69, 9.17) is 21.1 Å². The summed E-state index contributed by atoms with van der Waals surface area (Å²) in [6.07, 6.45) is 0.892. The molecule has 0 spiro atoms. The highest BCUT2D eigenvalue weighted by Crippen LogP contribution is 2.39. The van der Waals surface area contributed by atoms with Gasteiger partial charge in [-0.05, 0) is 11.6 Å². The van der Waals surface area contributed by atoms with Gasteiger partial charge < -0.3 is 14.3 Å². The maximum absolute atomic E-state index is 11.8. The van der Waals surface area contributed by atoms with Crippen LogP contribution in [0.3, 0.4) is 0 Å². The zero-order valence-electron chi connectivity index (χ0n) is 13.9. The highest BCUT2D eigenvalue weighted by Gasteiger charge is 2.34. The van der Waals surface area contributed by atoms with Crippen LogP contribution in [-0.4, -0.2) is 35.7 Å². The van der Waals surface area contributed by atoms with Gasteiger partial charge in [-0.15, -0.1) is 0 Å². The molecule has 7 heteroatoms. The van der Waals surface area contributed by atoms with Crippen molar-refractivity contribution in [3.05, 3.63) is 40.9 Å². The number of benzene rings is 1. The van der Waals surface area contributed by atoms with Crippen LogP contribution in [0, 0.1) is 0 Å². The third kappa shape index (κ3) is 3.99. The molecule has 0 aliphatic rings. The number of halogens is 1. The summed E-state index contributed by atoms with van der Waals surface area (Å²) < 4.78 is 10.3. The average Bonchev–Trinajstić information content (AvgIpc) is 2.59. The second-order valence-corrected chi connectivity index (χ2v) is 7.13. The van der Waals surface area contributed by atoms with E-state index >= 15 is 0 Å². The van der Waals surface area contributed by atoms with E-state index in [1.54, 1.807) is 6.07 Å². The predicted molar refractivity (Wildman–Crippen MR) is 95.3 cm³/mol. The van der Waals surface area contributed by atoms with Crippen LogP contribution in [0.25, 0.3) is 0 Å². The van der Waals surface area contributed by atoms with Crippen molar-refractivity contribution in [2.45, 2.75) is 29.7 Å². The smallest absolute Gasteiger partial charge is 0.220 e. The molecule has 1 unspecified atom stereocenters. The van der Waals surface area contributed by atoms with E-state index in [0.29, 0.717) is 21.9 Å². The van der Waals surface area contributed by atoms with Crippen LogP contribution in [-0.2, 0) is 10.2 Å². The topological polar surface area (TPSA) is 61.3 Å². The van der Waals surface area contributed by atoms with E-state index in [0.717, 1.165) is 11.8 Å². The number of nitrogens with zero attached hydrogens (tertiary/aromatic N) is 2. The Bertz CT molecular complexity index is 702. The number of hydrogen-bond acceptors (Lipinski definition) is 6. The van der Waals surface area contributed by atoms with Crippen LogP contribution >= 0.6 is 23.4 Å². The van der Waals surface area contributed by atoms with Crippen LogP contribution < -0.4 is 9.47 Å². The Morgan fingerprint density at radius 2 is 1.75 bits per heavy atom. The lowest BCUT2D eigenvalue weighted by Gasteiger charge is -2.31. The van der Waals surface area contributed by atoms with Gasteiger partial charge in [-0.2, -0.15) is 9.97 Å². The fraction of sp³-hybridized carbons (Fsp3) is 0.353. The molecule has 0 aliphatic heterocycles. The summed E-state index contributed by atoms with van der Waals surface area (Å²) in [5, 5.41) is 0.594. The van der Waals surface area contributed by atoms with Gasteiger partial charge in [0.2, 0.25) is 11.8 Å². The molecule has 0 saturated heterocycles. The molecule has 0 fully saturated rings. The van der Waals surface area contributed by atoms with E-state index in [1.807, 2.05) is 38.1 Å². The van der Waals surface area contributed by atoms with Crippen molar-refractivity contribution in [3.8, 4) is 11.8 Å². The van der Waals surface area contributed by atoms with Crippen molar-refractivity contribution < 1.29 is 14.3 Å². The predicted octanol–water partition coefficient (Wildman–Crippen LogP) is 3.78. The normalized spacial score (nSPS) is 12.5. The molecular formula is C17H19ClN2O3S. The molecule has 24 heavy (non-hydrogen) atoms. The van der Waals surface area contributed by atoms with Crippen LogP contribution in [0.4, 0.5) is 0 Å². The average molecular weight is 367 g/mol. The molecule has 1 heterocycles. The summed E-state index contributed by atoms with van der Waals surface area (Å²) in [7, 11) is 3.03. The lowest BCUT2D eigenvalue weighted by Crippen LogP contribution is -2.33. The van der Waals surface area contributed by atoms with E-state index in [1.165, 1.54) is 26.0 Å². The summed E-state index contributed by atoms with van der Waals surface area (Å²) in [5.74, 6) is 0.758. The van der Waals surface area contributed by atoms with Crippen molar-refractivity contribution in [3.63, 3.8) is 0 Å². The molecule has 2 aromatic rings. The van der Waals surface area contributed by atoms with Gasteiger partial charge in [0.05, 0.1) is 25.5 Å². The highest BCUT2D eigenvalue weighted by atomic mass is 35.5. The maximum atomic E-state index is 11.8. The number of ether oxygens (including phenoxy) is 2. The minimum absolute atomic E-state index is 0.379.